The second-order valence-electron chi connectivity index (χ2n) is 2.07. The Kier molecular flexibility index (Phi) is 3.51. The third kappa shape index (κ3) is 2.15. The molecule has 0 aromatic carbocycles. The smallest absolute Gasteiger partial charge is 0.544 e. The van der Waals surface area contributed by atoms with E-state index in [1.54, 1.807) is 0 Å². The van der Waals surface area contributed by atoms with Crippen LogP contribution in [0.4, 0.5) is 8.78 Å². The van der Waals surface area contributed by atoms with E-state index in [0.29, 0.717) is 0 Å². The molecule has 1 saturated heterocycles. The second-order valence-corrected chi connectivity index (χ2v) is 3.87. The van der Waals surface area contributed by atoms with E-state index in [2.05, 4.69) is 4.72 Å². The van der Waals surface area contributed by atoms with Crippen LogP contribution in [-0.2, 0) is 10.0 Å². The number of sulfonamides is 1. The Labute approximate surface area is 75.8 Å². The number of hydrogen-bond donors (Lipinski definition) is 0. The third-order valence-corrected chi connectivity index (χ3v) is 2.75. The Morgan fingerprint density at radius 2 is 1.91 bits per heavy atom. The molecule has 0 aromatic rings. The minimum atomic E-state index is -4.47. The third-order valence-electron chi connectivity index (χ3n) is 1.26. The Morgan fingerprint density at radius 3 is 2.18 bits per heavy atom. The molecule has 0 saturated carbocycles. The van der Waals surface area contributed by atoms with Gasteiger partial charge in [0.2, 0.25) is 0 Å². The summed E-state index contributed by atoms with van der Waals surface area (Å²) in [5.74, 6) is 0. The van der Waals surface area contributed by atoms with E-state index in [1.165, 1.54) is 0 Å². The van der Waals surface area contributed by atoms with Crippen molar-refractivity contribution in [1.29, 1.82) is 0 Å². The van der Waals surface area contributed by atoms with Gasteiger partial charge in [-0.2, -0.15) is 8.78 Å². The summed E-state index contributed by atoms with van der Waals surface area (Å²) in [5, 5.41) is -3.62. The quantitative estimate of drug-likeness (QED) is 0.405. The first-order valence-electron chi connectivity index (χ1n) is 2.77. The summed E-state index contributed by atoms with van der Waals surface area (Å²) in [5.41, 5.74) is 0. The van der Waals surface area contributed by atoms with Crippen molar-refractivity contribution in [3.8, 4) is 0 Å². The van der Waals surface area contributed by atoms with Crippen LogP contribution in [0.2, 0.25) is 0 Å². The molecule has 0 aliphatic carbocycles. The zero-order valence-electron chi connectivity index (χ0n) is 6.05. The van der Waals surface area contributed by atoms with Crippen LogP contribution in [0.3, 0.4) is 0 Å². The molecule has 0 atom stereocenters. The topological polar surface area (TPSA) is 48.2 Å². The van der Waals surface area contributed by atoms with Crippen LogP contribution in [0, 0.1) is 0 Å². The fourth-order valence-electron chi connectivity index (χ4n) is 0.693. The van der Waals surface area contributed by atoms with Crippen molar-refractivity contribution in [3.63, 3.8) is 0 Å². The van der Waals surface area contributed by atoms with E-state index in [0.717, 1.165) is 0 Å². The Bertz CT molecular complexity index is 228. The first-order valence-corrected chi connectivity index (χ1v) is 4.21. The molecule has 0 amide bonds. The maximum atomic E-state index is 12.3. The zero-order valence-corrected chi connectivity index (χ0v) is 6.87. The van der Waals surface area contributed by atoms with Gasteiger partial charge >= 0.3 is 24.1 Å². The van der Waals surface area contributed by atoms with E-state index in [1.807, 2.05) is 0 Å². The fraction of sp³-hybridized carbons (Fsp3) is 1.00. The summed E-state index contributed by atoms with van der Waals surface area (Å²) >= 11 is 0. The number of rotatable bonds is 0. The van der Waals surface area contributed by atoms with Crippen LogP contribution in [-0.4, -0.2) is 20.2 Å². The molecule has 0 radical (unpaired) electrons. The van der Waals surface area contributed by atoms with Gasteiger partial charge in [0.05, 0.1) is 0 Å². The normalized spacial score (nSPS) is 27.1. The van der Waals surface area contributed by atoms with E-state index in [9.17, 15) is 17.2 Å². The molecule has 1 aliphatic rings. The number of alkyl halides is 2. The fourth-order valence-corrected chi connectivity index (χ4v) is 1.65. The van der Waals surface area contributed by atoms with Gasteiger partial charge in [-0.25, -0.2) is 8.42 Å². The molecule has 0 N–H and O–H groups in total. The molecule has 7 heteroatoms. The summed E-state index contributed by atoms with van der Waals surface area (Å²) < 4.78 is 48.2. The molecule has 1 heterocycles. The molecule has 0 bridgehead atoms. The molecule has 0 unspecified atom stereocenters. The molecule has 3 nitrogen and oxygen atoms in total. The van der Waals surface area contributed by atoms with Crippen molar-refractivity contribution >= 4 is 10.0 Å². The average molecular weight is 177 g/mol. The number of halogens is 2. The van der Waals surface area contributed by atoms with Crippen molar-refractivity contribution in [2.45, 2.75) is 18.1 Å². The maximum Gasteiger partial charge on any atom is 1.00 e. The Morgan fingerprint density at radius 1 is 1.36 bits per heavy atom. The van der Waals surface area contributed by atoms with Gasteiger partial charge in [0.1, 0.15) is 10.0 Å². The molecule has 1 fully saturated rings. The molecular weight excluding hydrogens is 171 g/mol. The maximum absolute atomic E-state index is 12.3. The molecule has 0 spiro atoms. The van der Waals surface area contributed by atoms with Crippen molar-refractivity contribution in [1.82, 2.24) is 0 Å². The Balaban J connectivity index is 0.000001000. The van der Waals surface area contributed by atoms with Crippen molar-refractivity contribution < 1.29 is 36.1 Å². The van der Waals surface area contributed by atoms with Crippen LogP contribution >= 0.6 is 0 Å². The molecule has 1 aliphatic heterocycles. The summed E-state index contributed by atoms with van der Waals surface area (Å²) in [6.07, 6.45) is -0.453. The van der Waals surface area contributed by atoms with Gasteiger partial charge in [0.25, 0.3) is 0 Å². The van der Waals surface area contributed by atoms with Gasteiger partial charge in [0, 0.05) is 6.42 Å². The molecule has 60 valence electrons. The minimum absolute atomic E-state index is 0. The van der Waals surface area contributed by atoms with Crippen molar-refractivity contribution in [3.05, 3.63) is 4.72 Å². The number of hydrogen-bond acceptors (Lipinski definition) is 2. The largest absolute Gasteiger partial charge is 1.00 e. The molecule has 11 heavy (non-hydrogen) atoms. The summed E-state index contributed by atoms with van der Waals surface area (Å²) in [4.78, 5) is 0. The van der Waals surface area contributed by atoms with Crippen LogP contribution in [0.5, 0.6) is 0 Å². The average Bonchev–Trinajstić information content (AvgIpc) is 1.77. The zero-order chi connectivity index (χ0) is 7.83. The van der Waals surface area contributed by atoms with Gasteiger partial charge in [0.15, 0.2) is 0 Å². The summed E-state index contributed by atoms with van der Waals surface area (Å²) in [6.45, 7) is -0.00206. The molecular formula is C4H6F2LiNO2S. The second kappa shape index (κ2) is 3.40. The van der Waals surface area contributed by atoms with Crippen LogP contribution < -0.4 is 18.9 Å². The standard InChI is InChI=1S/C4H6F2NO2S.Li/c5-4(6)2-1-3-7-10(4,8)9;/h1-3H2;/q-1;+1. The van der Waals surface area contributed by atoms with Crippen LogP contribution in [0.1, 0.15) is 12.8 Å². The van der Waals surface area contributed by atoms with E-state index in [-0.39, 0.29) is 31.8 Å². The first-order chi connectivity index (χ1) is 4.46. The van der Waals surface area contributed by atoms with E-state index < -0.39 is 21.7 Å². The van der Waals surface area contributed by atoms with Gasteiger partial charge in [-0.1, -0.05) is 6.42 Å². The van der Waals surface area contributed by atoms with E-state index >= 15 is 0 Å². The van der Waals surface area contributed by atoms with Gasteiger partial charge < -0.3 is 4.72 Å². The van der Waals surface area contributed by atoms with Crippen molar-refractivity contribution in [2.75, 3.05) is 6.54 Å². The Hall–Kier alpha value is 0.367. The van der Waals surface area contributed by atoms with Gasteiger partial charge in [-0.05, 0) is 0 Å². The van der Waals surface area contributed by atoms with Crippen LogP contribution in [0.25, 0.3) is 4.72 Å². The first kappa shape index (κ1) is 11.4. The predicted octanol–water partition coefficient (Wildman–Crippen LogP) is -1.92. The predicted molar refractivity (Wildman–Crippen MR) is 31.3 cm³/mol. The van der Waals surface area contributed by atoms with E-state index in [4.69, 9.17) is 0 Å². The molecule has 1 rings (SSSR count). The van der Waals surface area contributed by atoms with Crippen molar-refractivity contribution in [2.24, 2.45) is 0 Å². The number of nitrogens with zero attached hydrogens (tertiary/aromatic N) is 1. The van der Waals surface area contributed by atoms with Gasteiger partial charge in [-0.15, -0.1) is 6.54 Å². The van der Waals surface area contributed by atoms with Crippen LogP contribution in [0.15, 0.2) is 0 Å². The summed E-state index contributed by atoms with van der Waals surface area (Å²) in [7, 11) is -4.47. The monoisotopic (exact) mass is 177 g/mol. The molecule has 0 aromatic heterocycles. The minimum Gasteiger partial charge on any atom is -0.544 e. The SMILES string of the molecule is O=S1(=O)[N-]CCCC1(F)F.[Li+]. The summed E-state index contributed by atoms with van der Waals surface area (Å²) in [6, 6.07) is 0. The van der Waals surface area contributed by atoms with Gasteiger partial charge in [-0.3, -0.25) is 0 Å².